The van der Waals surface area contributed by atoms with Crippen LogP contribution in [0.1, 0.15) is 36.2 Å². The van der Waals surface area contributed by atoms with Crippen LogP contribution in [0, 0.1) is 0 Å². The summed E-state index contributed by atoms with van der Waals surface area (Å²) in [5, 5.41) is 6.83. The number of thiazole rings is 1. The van der Waals surface area contributed by atoms with Crippen molar-refractivity contribution in [2.45, 2.75) is 32.9 Å². The lowest BCUT2D eigenvalue weighted by Crippen LogP contribution is -2.18. The molecular formula is C15H20N2OS. The molecule has 0 spiro atoms. The van der Waals surface area contributed by atoms with E-state index >= 15 is 0 Å². The SMILES string of the molecule is CCc1nc(CN[C@@H](C)c2ccc(OC)cc2)cs1. The number of rotatable bonds is 6. The summed E-state index contributed by atoms with van der Waals surface area (Å²) in [4.78, 5) is 4.56. The molecule has 4 heteroatoms. The van der Waals surface area contributed by atoms with Crippen LogP contribution in [-0.4, -0.2) is 12.1 Å². The van der Waals surface area contributed by atoms with Crippen LogP contribution in [-0.2, 0) is 13.0 Å². The number of nitrogens with zero attached hydrogens (tertiary/aromatic N) is 1. The molecule has 0 radical (unpaired) electrons. The van der Waals surface area contributed by atoms with Gasteiger partial charge in [-0.15, -0.1) is 11.3 Å². The molecule has 2 aromatic rings. The molecule has 0 bridgehead atoms. The Hall–Kier alpha value is -1.39. The maximum atomic E-state index is 5.16. The Morgan fingerprint density at radius 1 is 1.32 bits per heavy atom. The predicted octanol–water partition coefficient (Wildman–Crippen LogP) is 3.56. The largest absolute Gasteiger partial charge is 0.497 e. The summed E-state index contributed by atoms with van der Waals surface area (Å²) in [6.45, 7) is 5.11. The molecule has 0 fully saturated rings. The van der Waals surface area contributed by atoms with E-state index in [0.29, 0.717) is 6.04 Å². The van der Waals surface area contributed by atoms with Crippen LogP contribution in [0.2, 0.25) is 0 Å². The normalized spacial score (nSPS) is 12.4. The Morgan fingerprint density at radius 2 is 2.05 bits per heavy atom. The van der Waals surface area contributed by atoms with Crippen molar-refractivity contribution in [3.63, 3.8) is 0 Å². The Kier molecular flexibility index (Phi) is 4.93. The van der Waals surface area contributed by atoms with Gasteiger partial charge in [-0.25, -0.2) is 4.98 Å². The van der Waals surface area contributed by atoms with Gasteiger partial charge in [0.1, 0.15) is 5.75 Å². The van der Waals surface area contributed by atoms with Gasteiger partial charge < -0.3 is 10.1 Å². The van der Waals surface area contributed by atoms with Gasteiger partial charge in [0.25, 0.3) is 0 Å². The molecule has 19 heavy (non-hydrogen) atoms. The first-order valence-electron chi connectivity index (χ1n) is 6.53. The lowest BCUT2D eigenvalue weighted by molar-refractivity contribution is 0.414. The second-order valence-corrected chi connectivity index (χ2v) is 5.40. The molecule has 0 amide bonds. The minimum absolute atomic E-state index is 0.303. The van der Waals surface area contributed by atoms with Crippen LogP contribution in [0.5, 0.6) is 5.75 Å². The molecule has 1 aromatic carbocycles. The molecule has 0 aliphatic heterocycles. The third-order valence-electron chi connectivity index (χ3n) is 3.11. The summed E-state index contributed by atoms with van der Waals surface area (Å²) < 4.78 is 5.16. The van der Waals surface area contributed by atoms with Crippen molar-refractivity contribution in [2.75, 3.05) is 7.11 Å². The van der Waals surface area contributed by atoms with E-state index in [1.807, 2.05) is 12.1 Å². The van der Waals surface area contributed by atoms with Crippen LogP contribution in [0.3, 0.4) is 0 Å². The Balaban J connectivity index is 1.90. The summed E-state index contributed by atoms with van der Waals surface area (Å²) in [6.07, 6.45) is 1.01. The third-order valence-corrected chi connectivity index (χ3v) is 4.15. The maximum Gasteiger partial charge on any atom is 0.118 e. The van der Waals surface area contributed by atoms with Crippen LogP contribution >= 0.6 is 11.3 Å². The highest BCUT2D eigenvalue weighted by Crippen LogP contribution is 2.18. The predicted molar refractivity (Wildman–Crippen MR) is 79.7 cm³/mol. The second kappa shape index (κ2) is 6.68. The van der Waals surface area contributed by atoms with Crippen molar-refractivity contribution in [3.05, 3.63) is 45.9 Å². The smallest absolute Gasteiger partial charge is 0.118 e. The van der Waals surface area contributed by atoms with Gasteiger partial charge in [0, 0.05) is 18.0 Å². The van der Waals surface area contributed by atoms with Gasteiger partial charge in [-0.1, -0.05) is 19.1 Å². The molecule has 0 aliphatic rings. The Labute approximate surface area is 118 Å². The van der Waals surface area contributed by atoms with Gasteiger partial charge in [-0.2, -0.15) is 0 Å². The van der Waals surface area contributed by atoms with E-state index in [1.54, 1.807) is 18.4 Å². The highest BCUT2D eigenvalue weighted by Gasteiger charge is 2.06. The topological polar surface area (TPSA) is 34.2 Å². The quantitative estimate of drug-likeness (QED) is 0.876. The van der Waals surface area contributed by atoms with Crippen LogP contribution in [0.15, 0.2) is 29.6 Å². The molecular weight excluding hydrogens is 256 g/mol. The molecule has 1 heterocycles. The first kappa shape index (κ1) is 14.0. The molecule has 0 aliphatic carbocycles. The number of ether oxygens (including phenoxy) is 1. The van der Waals surface area contributed by atoms with E-state index < -0.39 is 0 Å². The van der Waals surface area contributed by atoms with Gasteiger partial charge >= 0.3 is 0 Å². The van der Waals surface area contributed by atoms with Crippen molar-refractivity contribution in [2.24, 2.45) is 0 Å². The highest BCUT2D eigenvalue weighted by atomic mass is 32.1. The fourth-order valence-electron chi connectivity index (χ4n) is 1.86. The average molecular weight is 276 g/mol. The monoisotopic (exact) mass is 276 g/mol. The van der Waals surface area contributed by atoms with Gasteiger partial charge in [0.05, 0.1) is 17.8 Å². The minimum Gasteiger partial charge on any atom is -0.497 e. The number of hydrogen-bond acceptors (Lipinski definition) is 4. The van der Waals surface area contributed by atoms with Gasteiger partial charge in [0.2, 0.25) is 0 Å². The lowest BCUT2D eigenvalue weighted by Gasteiger charge is -2.13. The van der Waals surface area contributed by atoms with Crippen molar-refractivity contribution >= 4 is 11.3 Å². The van der Waals surface area contributed by atoms with Crippen LogP contribution in [0.25, 0.3) is 0 Å². The average Bonchev–Trinajstić information content (AvgIpc) is 2.93. The summed E-state index contributed by atoms with van der Waals surface area (Å²) in [5.41, 5.74) is 2.38. The molecule has 1 atom stereocenters. The van der Waals surface area contributed by atoms with Crippen molar-refractivity contribution in [1.29, 1.82) is 0 Å². The maximum absolute atomic E-state index is 5.16. The van der Waals surface area contributed by atoms with Gasteiger partial charge in [-0.3, -0.25) is 0 Å². The summed E-state index contributed by atoms with van der Waals surface area (Å²) in [7, 11) is 1.68. The number of aryl methyl sites for hydroxylation is 1. The molecule has 102 valence electrons. The zero-order valence-corrected chi connectivity index (χ0v) is 12.5. The number of benzene rings is 1. The number of hydrogen-bond donors (Lipinski definition) is 1. The molecule has 2 rings (SSSR count). The van der Waals surface area contributed by atoms with Crippen LogP contribution in [0.4, 0.5) is 0 Å². The summed E-state index contributed by atoms with van der Waals surface area (Å²) in [5.74, 6) is 0.892. The Morgan fingerprint density at radius 3 is 2.63 bits per heavy atom. The van der Waals surface area contributed by atoms with Gasteiger partial charge in [-0.05, 0) is 31.0 Å². The first-order valence-corrected chi connectivity index (χ1v) is 7.41. The molecule has 1 aromatic heterocycles. The van der Waals surface area contributed by atoms with Crippen molar-refractivity contribution < 1.29 is 4.74 Å². The minimum atomic E-state index is 0.303. The van der Waals surface area contributed by atoms with E-state index in [2.05, 4.69) is 41.7 Å². The van der Waals surface area contributed by atoms with Crippen LogP contribution < -0.4 is 10.1 Å². The van der Waals surface area contributed by atoms with Crippen molar-refractivity contribution in [1.82, 2.24) is 10.3 Å². The molecule has 3 nitrogen and oxygen atoms in total. The third kappa shape index (κ3) is 3.78. The fourth-order valence-corrected chi connectivity index (χ4v) is 2.61. The number of nitrogens with one attached hydrogen (secondary N) is 1. The van der Waals surface area contributed by atoms with E-state index in [1.165, 1.54) is 10.6 Å². The standard InChI is InChI=1S/C15H20N2OS/c1-4-15-17-13(10-19-15)9-16-11(2)12-5-7-14(18-3)8-6-12/h5-8,10-11,16H,4,9H2,1-3H3/t11-/m0/s1. The number of aromatic nitrogens is 1. The van der Waals surface area contributed by atoms with E-state index in [9.17, 15) is 0 Å². The lowest BCUT2D eigenvalue weighted by atomic mass is 10.1. The Bertz CT molecular complexity index is 507. The zero-order chi connectivity index (χ0) is 13.7. The van der Waals surface area contributed by atoms with E-state index in [0.717, 1.165) is 24.4 Å². The zero-order valence-electron chi connectivity index (χ0n) is 11.6. The number of methoxy groups -OCH3 is 1. The molecule has 1 N–H and O–H groups in total. The molecule has 0 saturated heterocycles. The highest BCUT2D eigenvalue weighted by molar-refractivity contribution is 7.09. The molecule has 0 unspecified atom stereocenters. The van der Waals surface area contributed by atoms with Crippen molar-refractivity contribution in [3.8, 4) is 5.75 Å². The fraction of sp³-hybridized carbons (Fsp3) is 0.400. The first-order chi connectivity index (χ1) is 9.22. The molecule has 0 saturated carbocycles. The van der Waals surface area contributed by atoms with E-state index in [-0.39, 0.29) is 0 Å². The summed E-state index contributed by atoms with van der Waals surface area (Å²) >= 11 is 1.73. The van der Waals surface area contributed by atoms with Gasteiger partial charge in [0.15, 0.2) is 0 Å². The summed E-state index contributed by atoms with van der Waals surface area (Å²) in [6, 6.07) is 8.47. The van der Waals surface area contributed by atoms with E-state index in [4.69, 9.17) is 4.74 Å². The second-order valence-electron chi connectivity index (χ2n) is 4.46.